The summed E-state index contributed by atoms with van der Waals surface area (Å²) in [7, 11) is 0. The van der Waals surface area contributed by atoms with Crippen LogP contribution in [0.4, 0.5) is 0 Å². The van der Waals surface area contributed by atoms with Crippen LogP contribution in [-0.4, -0.2) is 25.3 Å². The summed E-state index contributed by atoms with van der Waals surface area (Å²) < 4.78 is 5.90. The van der Waals surface area contributed by atoms with Crippen LogP contribution >= 0.6 is 0 Å². The van der Waals surface area contributed by atoms with Gasteiger partial charge in [-0.1, -0.05) is 20.8 Å². The van der Waals surface area contributed by atoms with E-state index in [1.165, 1.54) is 19.3 Å². The molecule has 2 heteroatoms. The van der Waals surface area contributed by atoms with Gasteiger partial charge in [-0.2, -0.15) is 0 Å². The van der Waals surface area contributed by atoms with Crippen molar-refractivity contribution in [2.75, 3.05) is 13.2 Å². The Hall–Kier alpha value is -0.0800. The SMILES string of the molecule is CCCNC(C1CC1)C(OCC)C(C)C. The zero-order valence-corrected chi connectivity index (χ0v) is 10.8. The Morgan fingerprint density at radius 3 is 2.33 bits per heavy atom. The van der Waals surface area contributed by atoms with Crippen molar-refractivity contribution in [3.8, 4) is 0 Å². The van der Waals surface area contributed by atoms with E-state index in [0.29, 0.717) is 18.1 Å². The Balaban J connectivity index is 2.49. The van der Waals surface area contributed by atoms with Gasteiger partial charge in [0.25, 0.3) is 0 Å². The van der Waals surface area contributed by atoms with Crippen LogP contribution in [0.25, 0.3) is 0 Å². The highest BCUT2D eigenvalue weighted by Gasteiger charge is 2.37. The van der Waals surface area contributed by atoms with E-state index in [9.17, 15) is 0 Å². The second-order valence-corrected chi connectivity index (χ2v) is 4.98. The van der Waals surface area contributed by atoms with E-state index in [-0.39, 0.29) is 0 Å². The summed E-state index contributed by atoms with van der Waals surface area (Å²) in [5, 5.41) is 3.67. The lowest BCUT2D eigenvalue weighted by Gasteiger charge is -2.31. The summed E-state index contributed by atoms with van der Waals surface area (Å²) in [6.45, 7) is 10.8. The molecule has 0 bridgehead atoms. The van der Waals surface area contributed by atoms with E-state index in [1.807, 2.05) is 0 Å². The minimum Gasteiger partial charge on any atom is -0.377 e. The van der Waals surface area contributed by atoms with Crippen molar-refractivity contribution in [1.82, 2.24) is 5.32 Å². The van der Waals surface area contributed by atoms with Gasteiger partial charge in [-0.25, -0.2) is 0 Å². The van der Waals surface area contributed by atoms with Crippen molar-refractivity contribution in [3.63, 3.8) is 0 Å². The summed E-state index contributed by atoms with van der Waals surface area (Å²) in [6, 6.07) is 0.588. The Labute approximate surface area is 94.8 Å². The topological polar surface area (TPSA) is 21.3 Å². The van der Waals surface area contributed by atoms with Crippen LogP contribution in [0.1, 0.15) is 47.0 Å². The highest BCUT2D eigenvalue weighted by molar-refractivity contribution is 4.92. The predicted octanol–water partition coefficient (Wildman–Crippen LogP) is 2.83. The number of ether oxygens (including phenoxy) is 1. The summed E-state index contributed by atoms with van der Waals surface area (Å²) in [4.78, 5) is 0. The lowest BCUT2D eigenvalue weighted by Crippen LogP contribution is -2.46. The molecule has 1 aliphatic carbocycles. The van der Waals surface area contributed by atoms with E-state index < -0.39 is 0 Å². The molecular formula is C13H27NO. The third-order valence-corrected chi connectivity index (χ3v) is 3.13. The van der Waals surface area contributed by atoms with Crippen LogP contribution in [0, 0.1) is 11.8 Å². The van der Waals surface area contributed by atoms with E-state index in [2.05, 4.69) is 33.0 Å². The Morgan fingerprint density at radius 1 is 1.27 bits per heavy atom. The second kappa shape index (κ2) is 6.49. The monoisotopic (exact) mass is 213 g/mol. The van der Waals surface area contributed by atoms with Gasteiger partial charge in [0.2, 0.25) is 0 Å². The predicted molar refractivity (Wildman–Crippen MR) is 65.1 cm³/mol. The molecule has 1 aliphatic rings. The van der Waals surface area contributed by atoms with Gasteiger partial charge in [0.15, 0.2) is 0 Å². The first-order valence-corrected chi connectivity index (χ1v) is 6.55. The van der Waals surface area contributed by atoms with Gasteiger partial charge in [0.1, 0.15) is 0 Å². The normalized spacial score (nSPS) is 20.6. The van der Waals surface area contributed by atoms with E-state index in [0.717, 1.165) is 19.1 Å². The summed E-state index contributed by atoms with van der Waals surface area (Å²) in [5.74, 6) is 1.48. The minimum absolute atomic E-state index is 0.397. The molecular weight excluding hydrogens is 186 g/mol. The molecule has 90 valence electrons. The van der Waals surface area contributed by atoms with Crippen molar-refractivity contribution in [2.24, 2.45) is 11.8 Å². The smallest absolute Gasteiger partial charge is 0.0753 e. The first-order valence-electron chi connectivity index (χ1n) is 6.55. The third kappa shape index (κ3) is 4.12. The number of rotatable bonds is 8. The van der Waals surface area contributed by atoms with Crippen molar-refractivity contribution in [3.05, 3.63) is 0 Å². The molecule has 0 spiro atoms. The molecule has 1 fully saturated rings. The van der Waals surface area contributed by atoms with Crippen LogP contribution in [0.5, 0.6) is 0 Å². The number of hydrogen-bond acceptors (Lipinski definition) is 2. The molecule has 0 heterocycles. The highest BCUT2D eigenvalue weighted by atomic mass is 16.5. The molecule has 0 aromatic heterocycles. The van der Waals surface area contributed by atoms with Gasteiger partial charge < -0.3 is 10.1 Å². The molecule has 1 rings (SSSR count). The molecule has 0 radical (unpaired) electrons. The summed E-state index contributed by atoms with van der Waals surface area (Å²) in [5.41, 5.74) is 0. The Bertz CT molecular complexity index is 166. The minimum atomic E-state index is 0.397. The maximum atomic E-state index is 5.90. The molecule has 2 unspecified atom stereocenters. The van der Waals surface area contributed by atoms with Crippen molar-refractivity contribution >= 4 is 0 Å². The average Bonchev–Trinajstić information content (AvgIpc) is 3.00. The van der Waals surface area contributed by atoms with Crippen LogP contribution < -0.4 is 5.32 Å². The van der Waals surface area contributed by atoms with Gasteiger partial charge in [-0.15, -0.1) is 0 Å². The van der Waals surface area contributed by atoms with E-state index in [4.69, 9.17) is 4.74 Å². The first kappa shape index (κ1) is 13.0. The second-order valence-electron chi connectivity index (χ2n) is 4.98. The summed E-state index contributed by atoms with van der Waals surface area (Å²) >= 11 is 0. The van der Waals surface area contributed by atoms with Crippen molar-refractivity contribution in [2.45, 2.75) is 59.1 Å². The maximum absolute atomic E-state index is 5.90. The van der Waals surface area contributed by atoms with Gasteiger partial charge in [-0.3, -0.25) is 0 Å². The first-order chi connectivity index (χ1) is 7.20. The fourth-order valence-corrected chi connectivity index (χ4v) is 2.22. The van der Waals surface area contributed by atoms with Gasteiger partial charge >= 0.3 is 0 Å². The van der Waals surface area contributed by atoms with Gasteiger partial charge in [0.05, 0.1) is 6.10 Å². The molecule has 0 aromatic rings. The lowest BCUT2D eigenvalue weighted by molar-refractivity contribution is -0.00194. The fraction of sp³-hybridized carbons (Fsp3) is 1.00. The van der Waals surface area contributed by atoms with Crippen LogP contribution in [0.15, 0.2) is 0 Å². The molecule has 0 aliphatic heterocycles. The van der Waals surface area contributed by atoms with Crippen LogP contribution in [0.3, 0.4) is 0 Å². The molecule has 1 saturated carbocycles. The van der Waals surface area contributed by atoms with Crippen molar-refractivity contribution in [1.29, 1.82) is 0 Å². The van der Waals surface area contributed by atoms with Crippen LogP contribution in [-0.2, 0) is 4.74 Å². The fourth-order valence-electron chi connectivity index (χ4n) is 2.22. The zero-order valence-electron chi connectivity index (χ0n) is 10.8. The standard InChI is InChI=1S/C13H27NO/c1-5-9-14-12(11-7-8-11)13(10(3)4)15-6-2/h10-14H,5-9H2,1-4H3. The quantitative estimate of drug-likeness (QED) is 0.669. The molecule has 0 aromatic carbocycles. The summed E-state index contributed by atoms with van der Waals surface area (Å²) in [6.07, 6.45) is 4.38. The highest BCUT2D eigenvalue weighted by Crippen LogP contribution is 2.36. The molecule has 1 N–H and O–H groups in total. The van der Waals surface area contributed by atoms with Gasteiger partial charge in [0, 0.05) is 12.6 Å². The Kier molecular flexibility index (Phi) is 5.62. The average molecular weight is 213 g/mol. The molecule has 15 heavy (non-hydrogen) atoms. The third-order valence-electron chi connectivity index (χ3n) is 3.13. The zero-order chi connectivity index (χ0) is 11.3. The molecule has 0 amide bonds. The maximum Gasteiger partial charge on any atom is 0.0753 e. The largest absolute Gasteiger partial charge is 0.377 e. The van der Waals surface area contributed by atoms with Crippen molar-refractivity contribution < 1.29 is 4.74 Å². The number of hydrogen-bond donors (Lipinski definition) is 1. The van der Waals surface area contributed by atoms with Crippen LogP contribution in [0.2, 0.25) is 0 Å². The Morgan fingerprint density at radius 2 is 1.93 bits per heavy atom. The van der Waals surface area contributed by atoms with E-state index in [1.54, 1.807) is 0 Å². The van der Waals surface area contributed by atoms with Gasteiger partial charge in [-0.05, 0) is 44.6 Å². The molecule has 2 nitrogen and oxygen atoms in total. The number of nitrogens with one attached hydrogen (secondary N) is 1. The van der Waals surface area contributed by atoms with E-state index >= 15 is 0 Å². The molecule has 2 atom stereocenters. The molecule has 0 saturated heterocycles. The lowest BCUT2D eigenvalue weighted by atomic mass is 9.95.